The number of methoxy groups -OCH3 is 2. The Hall–Kier alpha value is -3.98. The zero-order chi connectivity index (χ0) is 23.8. The fourth-order valence-corrected chi connectivity index (χ4v) is 5.67. The summed E-state index contributed by atoms with van der Waals surface area (Å²) in [6.45, 7) is 0.777. The summed E-state index contributed by atoms with van der Waals surface area (Å²) in [5.74, 6) is 1.98. The van der Waals surface area contributed by atoms with Gasteiger partial charge in [-0.1, -0.05) is 72.8 Å². The van der Waals surface area contributed by atoms with Crippen molar-refractivity contribution in [3.8, 4) is 11.5 Å². The number of ether oxygens (including phenoxy) is 2. The van der Waals surface area contributed by atoms with E-state index in [2.05, 4.69) is 89.8 Å². The highest BCUT2D eigenvalue weighted by molar-refractivity contribution is 5.90. The largest absolute Gasteiger partial charge is 0.497 e. The molecule has 35 heavy (non-hydrogen) atoms. The van der Waals surface area contributed by atoms with Crippen molar-refractivity contribution >= 4 is 11.4 Å². The minimum Gasteiger partial charge on any atom is -0.497 e. The summed E-state index contributed by atoms with van der Waals surface area (Å²) in [5, 5.41) is 0. The van der Waals surface area contributed by atoms with Gasteiger partial charge >= 0.3 is 0 Å². The number of nitrogens with zero attached hydrogens (tertiary/aromatic N) is 1. The average molecular weight is 460 g/mol. The molecule has 0 N–H and O–H groups in total. The Labute approximate surface area is 207 Å². The molecule has 174 valence electrons. The molecule has 0 spiro atoms. The quantitative estimate of drug-likeness (QED) is 0.315. The predicted octanol–water partition coefficient (Wildman–Crippen LogP) is 7.21. The van der Waals surface area contributed by atoms with Crippen LogP contribution >= 0.6 is 0 Å². The molecule has 1 atom stereocenters. The lowest BCUT2D eigenvalue weighted by molar-refractivity contribution is 0.414. The van der Waals surface area contributed by atoms with Gasteiger partial charge in [-0.05, 0) is 58.9 Å². The molecule has 0 saturated carbocycles. The molecule has 0 amide bonds. The van der Waals surface area contributed by atoms with Crippen LogP contribution < -0.4 is 14.4 Å². The summed E-state index contributed by atoms with van der Waals surface area (Å²) in [6.07, 6.45) is 2.12. The summed E-state index contributed by atoms with van der Waals surface area (Å²) in [4.78, 5) is 2.51. The predicted molar refractivity (Wildman–Crippen MR) is 142 cm³/mol. The highest BCUT2D eigenvalue weighted by Crippen LogP contribution is 2.52. The number of anilines is 1. The summed E-state index contributed by atoms with van der Waals surface area (Å²) in [6, 6.07) is 34.8. The molecule has 0 fully saturated rings. The minimum atomic E-state index is 0.229. The van der Waals surface area contributed by atoms with Crippen LogP contribution in [0.4, 0.5) is 5.69 Å². The number of benzene rings is 4. The number of fused-ring (bicyclic) bond motifs is 3. The third-order valence-electron chi connectivity index (χ3n) is 7.33. The molecule has 1 aliphatic carbocycles. The standard InChI is InChI=1S/C32H29NO2/c1-34-25-15-12-22(13-16-25)21-33-30-20-26(35-2)17-19-28(30)31(24-9-4-3-5-10-24)29-18-14-23-8-6-7-11-27(23)32(29)33/h3-13,15-17,19-20,31H,14,18,21H2,1-2H3/t31-/m1/s1. The zero-order valence-corrected chi connectivity index (χ0v) is 20.2. The van der Waals surface area contributed by atoms with Crippen LogP contribution in [-0.4, -0.2) is 14.2 Å². The molecular weight excluding hydrogens is 430 g/mol. The van der Waals surface area contributed by atoms with Crippen molar-refractivity contribution in [3.05, 3.63) is 130 Å². The molecule has 1 aliphatic heterocycles. The van der Waals surface area contributed by atoms with Gasteiger partial charge in [-0.15, -0.1) is 0 Å². The van der Waals surface area contributed by atoms with Gasteiger partial charge in [0.25, 0.3) is 0 Å². The van der Waals surface area contributed by atoms with Crippen molar-refractivity contribution < 1.29 is 9.47 Å². The zero-order valence-electron chi connectivity index (χ0n) is 20.2. The van der Waals surface area contributed by atoms with Gasteiger partial charge in [0.15, 0.2) is 0 Å². The van der Waals surface area contributed by atoms with Crippen molar-refractivity contribution in [1.29, 1.82) is 0 Å². The van der Waals surface area contributed by atoms with E-state index in [0.29, 0.717) is 0 Å². The Morgan fingerprint density at radius 3 is 2.23 bits per heavy atom. The smallest absolute Gasteiger partial charge is 0.120 e. The fraction of sp³-hybridized carbons (Fsp3) is 0.188. The Kier molecular flexibility index (Phi) is 5.54. The third-order valence-corrected chi connectivity index (χ3v) is 7.33. The van der Waals surface area contributed by atoms with E-state index in [1.54, 1.807) is 14.2 Å². The first-order chi connectivity index (χ1) is 17.3. The second kappa shape index (κ2) is 8.99. The van der Waals surface area contributed by atoms with Crippen LogP contribution in [0.5, 0.6) is 11.5 Å². The maximum absolute atomic E-state index is 5.70. The minimum absolute atomic E-state index is 0.229. The van der Waals surface area contributed by atoms with Gasteiger partial charge < -0.3 is 14.4 Å². The molecular formula is C32H29NO2. The van der Waals surface area contributed by atoms with Crippen LogP contribution in [0.3, 0.4) is 0 Å². The van der Waals surface area contributed by atoms with Crippen molar-refractivity contribution in [2.24, 2.45) is 0 Å². The number of hydrogen-bond acceptors (Lipinski definition) is 3. The van der Waals surface area contributed by atoms with Crippen LogP contribution in [0, 0.1) is 0 Å². The first kappa shape index (κ1) is 21.5. The topological polar surface area (TPSA) is 21.7 Å². The van der Waals surface area contributed by atoms with E-state index >= 15 is 0 Å². The van der Waals surface area contributed by atoms with E-state index < -0.39 is 0 Å². The maximum Gasteiger partial charge on any atom is 0.120 e. The van der Waals surface area contributed by atoms with Crippen LogP contribution in [0.15, 0.2) is 103 Å². The monoisotopic (exact) mass is 459 g/mol. The Bertz CT molecular complexity index is 1390. The first-order valence-electron chi connectivity index (χ1n) is 12.2. The first-order valence-corrected chi connectivity index (χ1v) is 12.2. The molecule has 3 heteroatoms. The molecule has 4 aromatic rings. The highest BCUT2D eigenvalue weighted by Gasteiger charge is 2.37. The van der Waals surface area contributed by atoms with E-state index in [-0.39, 0.29) is 5.92 Å². The molecule has 0 bridgehead atoms. The summed E-state index contributed by atoms with van der Waals surface area (Å²) in [5.41, 5.74) is 10.7. The summed E-state index contributed by atoms with van der Waals surface area (Å²) >= 11 is 0. The molecule has 0 saturated heterocycles. The number of aryl methyl sites for hydroxylation is 1. The number of hydrogen-bond donors (Lipinski definition) is 0. The lowest BCUT2D eigenvalue weighted by Crippen LogP contribution is -2.32. The van der Waals surface area contributed by atoms with Crippen LogP contribution in [0.2, 0.25) is 0 Å². The summed E-state index contributed by atoms with van der Waals surface area (Å²) < 4.78 is 11.1. The van der Waals surface area contributed by atoms with Crippen molar-refractivity contribution in [1.82, 2.24) is 0 Å². The lowest BCUT2D eigenvalue weighted by Gasteiger charge is -2.43. The van der Waals surface area contributed by atoms with E-state index in [1.165, 1.54) is 44.8 Å². The molecule has 4 aromatic carbocycles. The fourth-order valence-electron chi connectivity index (χ4n) is 5.67. The Morgan fingerprint density at radius 1 is 0.743 bits per heavy atom. The van der Waals surface area contributed by atoms with Crippen LogP contribution in [-0.2, 0) is 13.0 Å². The Morgan fingerprint density at radius 2 is 1.46 bits per heavy atom. The molecule has 3 nitrogen and oxygen atoms in total. The van der Waals surface area contributed by atoms with E-state index in [4.69, 9.17) is 9.47 Å². The number of allylic oxidation sites excluding steroid dienone is 1. The van der Waals surface area contributed by atoms with E-state index in [0.717, 1.165) is 30.9 Å². The van der Waals surface area contributed by atoms with Gasteiger partial charge in [0.2, 0.25) is 0 Å². The molecule has 6 rings (SSSR count). The van der Waals surface area contributed by atoms with Crippen molar-refractivity contribution in [3.63, 3.8) is 0 Å². The van der Waals surface area contributed by atoms with Gasteiger partial charge in [-0.2, -0.15) is 0 Å². The van der Waals surface area contributed by atoms with Gasteiger partial charge in [0.1, 0.15) is 11.5 Å². The molecule has 2 aliphatic rings. The molecule has 1 heterocycles. The second-order valence-corrected chi connectivity index (χ2v) is 9.23. The lowest BCUT2D eigenvalue weighted by atomic mass is 9.73. The SMILES string of the molecule is COc1ccc(CN2C3=C(CCc4ccccc43)[C@H](c3ccccc3)c3ccc(OC)cc32)cc1. The van der Waals surface area contributed by atoms with Crippen molar-refractivity contribution in [2.75, 3.05) is 19.1 Å². The van der Waals surface area contributed by atoms with E-state index in [1.807, 2.05) is 12.1 Å². The summed E-state index contributed by atoms with van der Waals surface area (Å²) in [7, 11) is 3.45. The van der Waals surface area contributed by atoms with Crippen LogP contribution in [0.25, 0.3) is 5.70 Å². The van der Waals surface area contributed by atoms with Gasteiger partial charge in [-0.25, -0.2) is 0 Å². The maximum atomic E-state index is 5.70. The Balaban J connectivity index is 1.59. The normalized spacial score (nSPS) is 16.3. The molecule has 0 aromatic heterocycles. The van der Waals surface area contributed by atoms with Crippen LogP contribution in [0.1, 0.15) is 40.2 Å². The van der Waals surface area contributed by atoms with E-state index in [9.17, 15) is 0 Å². The average Bonchev–Trinajstić information content (AvgIpc) is 2.93. The molecule has 0 radical (unpaired) electrons. The van der Waals surface area contributed by atoms with Gasteiger partial charge in [0.05, 0.1) is 14.2 Å². The molecule has 0 unspecified atom stereocenters. The highest BCUT2D eigenvalue weighted by atomic mass is 16.5. The number of rotatable bonds is 5. The van der Waals surface area contributed by atoms with Gasteiger partial charge in [0, 0.05) is 35.5 Å². The second-order valence-electron chi connectivity index (χ2n) is 9.23. The van der Waals surface area contributed by atoms with Crippen molar-refractivity contribution in [2.45, 2.75) is 25.3 Å². The van der Waals surface area contributed by atoms with Gasteiger partial charge in [-0.3, -0.25) is 0 Å². The third kappa shape index (κ3) is 3.77.